The first-order chi connectivity index (χ1) is 12.0. The summed E-state index contributed by atoms with van der Waals surface area (Å²) in [5, 5.41) is 7.28. The van der Waals surface area contributed by atoms with Crippen LogP contribution in [0.5, 0.6) is 0 Å². The molecule has 1 aliphatic heterocycles. The van der Waals surface area contributed by atoms with E-state index in [1.54, 1.807) is 6.07 Å². The van der Waals surface area contributed by atoms with Gasteiger partial charge in [0, 0.05) is 12.2 Å². The number of methoxy groups -OCH3 is 1. The Balaban J connectivity index is 1.79. The number of ether oxygens (including phenoxy) is 2. The molecule has 0 bridgehead atoms. The van der Waals surface area contributed by atoms with E-state index in [9.17, 15) is 14.4 Å². The van der Waals surface area contributed by atoms with Gasteiger partial charge in [-0.2, -0.15) is 5.10 Å². The highest BCUT2D eigenvalue weighted by Crippen LogP contribution is 2.28. The highest BCUT2D eigenvalue weighted by atomic mass is 32.2. The number of hydrogen-bond acceptors (Lipinski definition) is 7. The summed E-state index contributed by atoms with van der Waals surface area (Å²) in [6.07, 6.45) is 3.54. The van der Waals surface area contributed by atoms with Crippen LogP contribution >= 0.6 is 11.8 Å². The molecule has 0 spiro atoms. The largest absolute Gasteiger partial charge is 0.466 e. The number of aromatic amines is 1. The molecule has 25 heavy (non-hydrogen) atoms. The third kappa shape index (κ3) is 5.35. The normalized spacial score (nSPS) is 15.7. The number of rotatable bonds is 8. The maximum Gasteiger partial charge on any atom is 0.358 e. The molecule has 1 aliphatic rings. The molecule has 1 aromatic rings. The smallest absolute Gasteiger partial charge is 0.358 e. The van der Waals surface area contributed by atoms with Crippen LogP contribution in [0.1, 0.15) is 35.9 Å². The fourth-order valence-corrected chi connectivity index (χ4v) is 3.21. The molecule has 136 valence electrons. The summed E-state index contributed by atoms with van der Waals surface area (Å²) in [6.45, 7) is 2.57. The van der Waals surface area contributed by atoms with Crippen LogP contribution in [0.2, 0.25) is 0 Å². The molecule has 0 atom stereocenters. The molecule has 0 aromatic carbocycles. The Hall–Kier alpha value is -2.29. The van der Waals surface area contributed by atoms with Gasteiger partial charge < -0.3 is 14.4 Å². The van der Waals surface area contributed by atoms with Crippen molar-refractivity contribution in [3.63, 3.8) is 0 Å². The summed E-state index contributed by atoms with van der Waals surface area (Å²) in [4.78, 5) is 36.6. The molecule has 1 saturated heterocycles. The lowest BCUT2D eigenvalue weighted by Crippen LogP contribution is -2.27. The Bertz CT molecular complexity index is 670. The lowest BCUT2D eigenvalue weighted by molar-refractivity contribution is -0.134. The fraction of sp³-hybridized carbons (Fsp3) is 0.500. The molecular formula is C16H21N3O5S. The standard InChI is InChI=1S/C16H21N3O5S/c1-3-5-11-8-12(18-17-11)16(22)24-7-4-6-19-13(20)10-25-14(19)9-15(21)23-2/h8-9H,3-7,10H2,1-2H3,(H,17,18)/b14-9-. The minimum atomic E-state index is -0.505. The van der Waals surface area contributed by atoms with E-state index >= 15 is 0 Å². The molecule has 8 nitrogen and oxygen atoms in total. The van der Waals surface area contributed by atoms with E-state index in [1.807, 2.05) is 6.92 Å². The third-order valence-corrected chi connectivity index (χ3v) is 4.50. The fourth-order valence-electron chi connectivity index (χ4n) is 2.25. The van der Waals surface area contributed by atoms with Crippen molar-refractivity contribution in [3.05, 3.63) is 28.6 Å². The van der Waals surface area contributed by atoms with E-state index < -0.39 is 11.9 Å². The molecule has 1 fully saturated rings. The highest BCUT2D eigenvalue weighted by Gasteiger charge is 2.27. The summed E-state index contributed by atoms with van der Waals surface area (Å²) >= 11 is 1.29. The van der Waals surface area contributed by atoms with Crippen molar-refractivity contribution in [1.29, 1.82) is 0 Å². The number of thioether (sulfide) groups is 1. The zero-order valence-corrected chi connectivity index (χ0v) is 15.1. The Kier molecular flexibility index (Phi) is 7.05. The number of nitrogens with zero attached hydrogens (tertiary/aromatic N) is 2. The first kappa shape index (κ1) is 19.0. The molecule has 2 heterocycles. The lowest BCUT2D eigenvalue weighted by Gasteiger charge is -2.16. The second-order valence-electron chi connectivity index (χ2n) is 5.36. The number of aryl methyl sites for hydroxylation is 1. The van der Waals surface area contributed by atoms with Crippen molar-refractivity contribution < 1.29 is 23.9 Å². The van der Waals surface area contributed by atoms with Gasteiger partial charge >= 0.3 is 11.9 Å². The number of hydrogen-bond donors (Lipinski definition) is 1. The minimum Gasteiger partial charge on any atom is -0.466 e. The molecule has 9 heteroatoms. The number of aromatic nitrogens is 2. The molecular weight excluding hydrogens is 346 g/mol. The molecule has 0 aliphatic carbocycles. The summed E-state index contributed by atoms with van der Waals surface area (Å²) in [6, 6.07) is 1.68. The van der Waals surface area contributed by atoms with Crippen LogP contribution < -0.4 is 0 Å². The average molecular weight is 367 g/mol. The van der Waals surface area contributed by atoms with E-state index in [4.69, 9.17) is 4.74 Å². The maximum absolute atomic E-state index is 11.9. The van der Waals surface area contributed by atoms with Crippen LogP contribution in [-0.4, -0.2) is 59.0 Å². The van der Waals surface area contributed by atoms with Crippen LogP contribution in [0.4, 0.5) is 0 Å². The van der Waals surface area contributed by atoms with Gasteiger partial charge in [-0.05, 0) is 18.9 Å². The van der Waals surface area contributed by atoms with Crippen molar-refractivity contribution in [2.75, 3.05) is 26.0 Å². The van der Waals surface area contributed by atoms with Crippen molar-refractivity contribution in [1.82, 2.24) is 15.1 Å². The summed E-state index contributed by atoms with van der Waals surface area (Å²) in [5.74, 6) is -0.792. The van der Waals surface area contributed by atoms with Crippen molar-refractivity contribution in [2.24, 2.45) is 0 Å². The SMILES string of the molecule is CCCc1cc(C(=O)OCCCN2C(=O)CS/C2=C\C(=O)OC)n[nH]1. The van der Waals surface area contributed by atoms with Gasteiger partial charge in [0.05, 0.1) is 30.6 Å². The summed E-state index contributed by atoms with van der Waals surface area (Å²) < 4.78 is 9.75. The van der Waals surface area contributed by atoms with E-state index in [0.29, 0.717) is 18.0 Å². The van der Waals surface area contributed by atoms with E-state index in [1.165, 1.54) is 29.8 Å². The van der Waals surface area contributed by atoms with Gasteiger partial charge in [0.25, 0.3) is 0 Å². The lowest BCUT2D eigenvalue weighted by atomic mass is 10.2. The highest BCUT2D eigenvalue weighted by molar-refractivity contribution is 8.04. The maximum atomic E-state index is 11.9. The van der Waals surface area contributed by atoms with Crippen LogP contribution in [0.25, 0.3) is 0 Å². The van der Waals surface area contributed by atoms with Gasteiger partial charge in [0.2, 0.25) is 5.91 Å². The topological polar surface area (TPSA) is 102 Å². The Labute approximate surface area is 149 Å². The van der Waals surface area contributed by atoms with Crippen LogP contribution in [0.15, 0.2) is 17.2 Å². The third-order valence-electron chi connectivity index (χ3n) is 3.47. The second kappa shape index (κ2) is 9.26. The molecule has 0 unspecified atom stereocenters. The van der Waals surface area contributed by atoms with Gasteiger partial charge in [-0.1, -0.05) is 25.1 Å². The number of amides is 1. The van der Waals surface area contributed by atoms with E-state index in [2.05, 4.69) is 14.9 Å². The average Bonchev–Trinajstić information content (AvgIpc) is 3.20. The number of H-pyrrole nitrogens is 1. The van der Waals surface area contributed by atoms with Gasteiger partial charge in [0.1, 0.15) is 0 Å². The van der Waals surface area contributed by atoms with E-state index in [-0.39, 0.29) is 24.0 Å². The molecule has 0 radical (unpaired) electrons. The zero-order valence-electron chi connectivity index (χ0n) is 14.2. The van der Waals surface area contributed by atoms with Crippen molar-refractivity contribution in [3.8, 4) is 0 Å². The van der Waals surface area contributed by atoms with Gasteiger partial charge in [0.15, 0.2) is 5.69 Å². The molecule has 2 rings (SSSR count). The monoisotopic (exact) mass is 367 g/mol. The number of esters is 2. The Morgan fingerprint density at radius 2 is 2.28 bits per heavy atom. The minimum absolute atomic E-state index is 0.0806. The van der Waals surface area contributed by atoms with Crippen LogP contribution in [-0.2, 0) is 25.5 Å². The van der Waals surface area contributed by atoms with Gasteiger partial charge in [-0.3, -0.25) is 9.89 Å². The quantitative estimate of drug-likeness (QED) is 0.422. The van der Waals surface area contributed by atoms with Gasteiger partial charge in [-0.25, -0.2) is 9.59 Å². The Morgan fingerprint density at radius 3 is 3.00 bits per heavy atom. The molecule has 0 saturated carbocycles. The molecule has 1 N–H and O–H groups in total. The van der Waals surface area contributed by atoms with Crippen molar-refractivity contribution in [2.45, 2.75) is 26.2 Å². The number of carbonyl (C=O) groups is 3. The predicted octanol–water partition coefficient (Wildman–Crippen LogP) is 1.50. The van der Waals surface area contributed by atoms with Crippen LogP contribution in [0.3, 0.4) is 0 Å². The number of nitrogens with one attached hydrogen (secondary N) is 1. The Morgan fingerprint density at radius 1 is 1.48 bits per heavy atom. The zero-order chi connectivity index (χ0) is 18.2. The molecule has 1 amide bonds. The first-order valence-corrected chi connectivity index (χ1v) is 8.98. The first-order valence-electron chi connectivity index (χ1n) is 7.99. The summed E-state index contributed by atoms with van der Waals surface area (Å²) in [7, 11) is 1.28. The molecule has 1 aromatic heterocycles. The summed E-state index contributed by atoms with van der Waals surface area (Å²) in [5.41, 5.74) is 1.15. The second-order valence-corrected chi connectivity index (χ2v) is 6.35. The number of carbonyl (C=O) groups excluding carboxylic acids is 3. The van der Waals surface area contributed by atoms with Crippen molar-refractivity contribution >= 4 is 29.6 Å². The predicted molar refractivity (Wildman–Crippen MR) is 91.8 cm³/mol. The van der Waals surface area contributed by atoms with Gasteiger partial charge in [-0.15, -0.1) is 0 Å². The van der Waals surface area contributed by atoms with E-state index in [0.717, 1.165) is 18.5 Å². The van der Waals surface area contributed by atoms with Crippen LogP contribution in [0, 0.1) is 0 Å².